The van der Waals surface area contributed by atoms with E-state index in [1.165, 1.54) is 0 Å². The summed E-state index contributed by atoms with van der Waals surface area (Å²) in [6.45, 7) is 3.90. The van der Waals surface area contributed by atoms with E-state index in [-0.39, 0.29) is 11.5 Å². The summed E-state index contributed by atoms with van der Waals surface area (Å²) in [7, 11) is 0. The normalized spacial score (nSPS) is 11.2. The van der Waals surface area contributed by atoms with E-state index in [0.717, 1.165) is 0 Å². The van der Waals surface area contributed by atoms with Crippen LogP contribution in [0.2, 0.25) is 0 Å². The Hall–Kier alpha value is -1.91. The predicted octanol–water partition coefficient (Wildman–Crippen LogP) is 2.55. The lowest BCUT2D eigenvalue weighted by Crippen LogP contribution is -2.01. The second-order valence-corrected chi connectivity index (χ2v) is 3.18. The number of hydrogen-bond acceptors (Lipinski definition) is 4. The minimum atomic E-state index is -0.371. The molecule has 0 aliphatic rings. The third-order valence-corrected chi connectivity index (χ3v) is 1.92. The average molecular weight is 222 g/mol. The van der Waals surface area contributed by atoms with Crippen molar-refractivity contribution in [2.75, 3.05) is 6.61 Å². The maximum absolute atomic E-state index is 10.5. The lowest BCUT2D eigenvalue weighted by Gasteiger charge is -2.04. The highest BCUT2D eigenvalue weighted by Gasteiger charge is 2.07. The Morgan fingerprint density at radius 3 is 2.81 bits per heavy atom. The summed E-state index contributed by atoms with van der Waals surface area (Å²) in [5.74, 6) is 0.512. The molecule has 0 heterocycles. The highest BCUT2D eigenvalue weighted by Crippen LogP contribution is 2.19. The van der Waals surface area contributed by atoms with Crippen molar-refractivity contribution in [3.8, 4) is 0 Å². The van der Waals surface area contributed by atoms with Crippen molar-refractivity contribution in [2.24, 2.45) is 4.99 Å². The predicted molar refractivity (Wildman–Crippen MR) is 61.5 cm³/mol. The lowest BCUT2D eigenvalue weighted by atomic mass is 10.2. The molecule has 1 aromatic rings. The first-order valence-electron chi connectivity index (χ1n) is 5.01. The lowest BCUT2D eigenvalue weighted by molar-refractivity contribution is -0.496. The largest absolute Gasteiger partial charge is 0.481 e. The smallest absolute Gasteiger partial charge is 0.231 e. The summed E-state index contributed by atoms with van der Waals surface area (Å²) in [6, 6.07) is 6.98. The van der Waals surface area contributed by atoms with Crippen LogP contribution >= 0.6 is 0 Å². The van der Waals surface area contributed by atoms with Crippen LogP contribution in [0.25, 0.3) is 0 Å². The molecule has 1 rings (SSSR count). The Bertz CT molecular complexity index is 402. The van der Waals surface area contributed by atoms with Crippen LogP contribution in [0.3, 0.4) is 0 Å². The molecule has 0 N–H and O–H groups in total. The van der Waals surface area contributed by atoms with Gasteiger partial charge in [-0.05, 0) is 13.0 Å². The number of nitrogens with zero attached hydrogens (tertiary/aromatic N) is 2. The van der Waals surface area contributed by atoms with Crippen molar-refractivity contribution >= 4 is 11.6 Å². The zero-order valence-corrected chi connectivity index (χ0v) is 9.34. The summed E-state index contributed by atoms with van der Waals surface area (Å²) in [4.78, 5) is 14.3. The molecule has 0 saturated heterocycles. The first kappa shape index (κ1) is 12.2. The molecule has 16 heavy (non-hydrogen) atoms. The fourth-order valence-corrected chi connectivity index (χ4v) is 1.30. The second-order valence-electron chi connectivity index (χ2n) is 3.18. The van der Waals surface area contributed by atoms with Crippen LogP contribution in [-0.2, 0) is 11.3 Å². The number of benzene rings is 1. The van der Waals surface area contributed by atoms with Crippen molar-refractivity contribution < 1.29 is 9.66 Å². The van der Waals surface area contributed by atoms with E-state index in [0.29, 0.717) is 23.8 Å². The molecule has 0 aromatic heterocycles. The number of para-hydroxylation sites is 1. The van der Waals surface area contributed by atoms with Crippen LogP contribution < -0.4 is 0 Å². The second kappa shape index (κ2) is 5.85. The molecule has 0 atom stereocenters. The van der Waals surface area contributed by atoms with Gasteiger partial charge < -0.3 is 4.74 Å². The summed E-state index contributed by atoms with van der Waals surface area (Å²) in [5, 5.41) is 10.5. The van der Waals surface area contributed by atoms with E-state index in [2.05, 4.69) is 4.99 Å². The number of hydrogen-bond donors (Lipinski definition) is 0. The zero-order chi connectivity index (χ0) is 12.0. The van der Waals surface area contributed by atoms with Gasteiger partial charge >= 0.3 is 0 Å². The number of ether oxygens (including phenoxy) is 1. The number of nitro groups is 1. The first-order valence-corrected chi connectivity index (χ1v) is 5.01. The minimum Gasteiger partial charge on any atom is -0.481 e. The van der Waals surface area contributed by atoms with Crippen molar-refractivity contribution in [3.05, 3.63) is 39.9 Å². The zero-order valence-electron chi connectivity index (χ0n) is 9.34. The van der Waals surface area contributed by atoms with Crippen LogP contribution in [0.15, 0.2) is 29.3 Å². The van der Waals surface area contributed by atoms with Gasteiger partial charge in [0.05, 0.1) is 12.3 Å². The molecule has 0 radical (unpaired) electrons. The highest BCUT2D eigenvalue weighted by molar-refractivity contribution is 5.77. The fraction of sp³-hybridized carbons (Fsp3) is 0.364. The van der Waals surface area contributed by atoms with Gasteiger partial charge in [-0.1, -0.05) is 18.2 Å². The Morgan fingerprint density at radius 2 is 2.19 bits per heavy atom. The molecule has 5 heteroatoms. The number of rotatable bonds is 4. The molecular weight excluding hydrogens is 208 g/mol. The molecule has 0 amide bonds. The Labute approximate surface area is 93.9 Å². The monoisotopic (exact) mass is 222 g/mol. The van der Waals surface area contributed by atoms with Gasteiger partial charge in [-0.3, -0.25) is 10.1 Å². The molecule has 86 valence electrons. The minimum absolute atomic E-state index is 0.223. The molecule has 0 spiro atoms. The van der Waals surface area contributed by atoms with Crippen LogP contribution in [0.5, 0.6) is 0 Å². The summed E-state index contributed by atoms with van der Waals surface area (Å²) in [5.41, 5.74) is 1.18. The van der Waals surface area contributed by atoms with E-state index in [9.17, 15) is 10.1 Å². The van der Waals surface area contributed by atoms with E-state index >= 15 is 0 Å². The highest BCUT2D eigenvalue weighted by atomic mass is 16.6. The van der Waals surface area contributed by atoms with Crippen LogP contribution in [0, 0.1) is 10.1 Å². The van der Waals surface area contributed by atoms with Crippen molar-refractivity contribution in [1.29, 1.82) is 0 Å². The van der Waals surface area contributed by atoms with Gasteiger partial charge in [0, 0.05) is 17.4 Å². The van der Waals surface area contributed by atoms with E-state index in [1.54, 1.807) is 31.2 Å². The molecule has 0 bridgehead atoms. The maximum Gasteiger partial charge on any atom is 0.231 e. The van der Waals surface area contributed by atoms with Gasteiger partial charge in [0.2, 0.25) is 6.54 Å². The van der Waals surface area contributed by atoms with Gasteiger partial charge in [0.1, 0.15) is 0 Å². The van der Waals surface area contributed by atoms with Crippen LogP contribution in [0.4, 0.5) is 5.69 Å². The van der Waals surface area contributed by atoms with Gasteiger partial charge in [-0.25, -0.2) is 4.99 Å². The standard InChI is InChI=1S/C11H14N2O3/c1-3-16-9(2)12-11-7-5-4-6-10(11)8-13(14)15/h4-7H,3,8H2,1-2H3. The molecule has 0 aliphatic heterocycles. The topological polar surface area (TPSA) is 64.7 Å². The summed E-state index contributed by atoms with van der Waals surface area (Å²) < 4.78 is 5.19. The van der Waals surface area contributed by atoms with Gasteiger partial charge in [0.15, 0.2) is 5.90 Å². The molecule has 5 nitrogen and oxygen atoms in total. The average Bonchev–Trinajstić information content (AvgIpc) is 2.20. The Morgan fingerprint density at radius 1 is 1.50 bits per heavy atom. The molecule has 0 fully saturated rings. The van der Waals surface area contributed by atoms with Gasteiger partial charge in [0.25, 0.3) is 0 Å². The molecule has 0 aliphatic carbocycles. The SMILES string of the molecule is CCOC(C)=Nc1ccccc1C[N+](=O)[O-]. The van der Waals surface area contributed by atoms with E-state index in [1.807, 2.05) is 6.92 Å². The number of aliphatic imine (C=N–C) groups is 1. The Kier molecular flexibility index (Phi) is 4.44. The summed E-state index contributed by atoms with van der Waals surface area (Å²) in [6.07, 6.45) is 0. The first-order chi connectivity index (χ1) is 7.63. The quantitative estimate of drug-likeness (QED) is 0.340. The van der Waals surface area contributed by atoms with Crippen molar-refractivity contribution in [1.82, 2.24) is 0 Å². The third kappa shape index (κ3) is 3.68. The fourth-order valence-electron chi connectivity index (χ4n) is 1.30. The van der Waals surface area contributed by atoms with E-state index in [4.69, 9.17) is 4.74 Å². The molecule has 1 aromatic carbocycles. The molecular formula is C11H14N2O3. The van der Waals surface area contributed by atoms with E-state index < -0.39 is 0 Å². The van der Waals surface area contributed by atoms with Crippen molar-refractivity contribution in [2.45, 2.75) is 20.4 Å². The third-order valence-electron chi connectivity index (χ3n) is 1.92. The van der Waals surface area contributed by atoms with Crippen LogP contribution in [0.1, 0.15) is 19.4 Å². The maximum atomic E-state index is 10.5. The Balaban J connectivity index is 2.94. The van der Waals surface area contributed by atoms with Gasteiger partial charge in [-0.15, -0.1) is 0 Å². The van der Waals surface area contributed by atoms with Crippen molar-refractivity contribution in [3.63, 3.8) is 0 Å². The van der Waals surface area contributed by atoms with Gasteiger partial charge in [-0.2, -0.15) is 0 Å². The molecule has 0 saturated carbocycles. The van der Waals surface area contributed by atoms with Crippen LogP contribution in [-0.4, -0.2) is 17.4 Å². The molecule has 0 unspecified atom stereocenters. The summed E-state index contributed by atoms with van der Waals surface area (Å²) >= 11 is 0.